The second-order valence-corrected chi connectivity index (χ2v) is 7.67. The summed E-state index contributed by atoms with van der Waals surface area (Å²) in [6, 6.07) is 2.18. The Morgan fingerprint density at radius 1 is 1.39 bits per heavy atom. The molecule has 2 aliphatic heterocycles. The fraction of sp³-hybridized carbons (Fsp3) is 0.647. The van der Waals surface area contributed by atoms with Crippen LogP contribution >= 0.6 is 11.3 Å². The number of fused-ring (bicyclic) bond motifs is 3. The van der Waals surface area contributed by atoms with Crippen LogP contribution in [0.4, 0.5) is 5.69 Å². The van der Waals surface area contributed by atoms with Crippen LogP contribution in [0.1, 0.15) is 48.8 Å². The Labute approximate surface area is 140 Å². The molecule has 23 heavy (non-hydrogen) atoms. The normalized spacial score (nSPS) is 25.4. The van der Waals surface area contributed by atoms with Crippen LogP contribution in [0.25, 0.3) is 0 Å². The Kier molecular flexibility index (Phi) is 4.12. The first-order valence-electron chi connectivity index (χ1n) is 8.01. The van der Waals surface area contributed by atoms with Crippen molar-refractivity contribution < 1.29 is 19.1 Å². The summed E-state index contributed by atoms with van der Waals surface area (Å²) in [5, 5.41) is 0. The summed E-state index contributed by atoms with van der Waals surface area (Å²) in [6.45, 7) is 5.21. The Bertz CT molecular complexity index is 639. The lowest BCUT2D eigenvalue weighted by atomic mass is 9.77. The van der Waals surface area contributed by atoms with E-state index in [4.69, 9.17) is 9.47 Å². The molecule has 6 heteroatoms. The van der Waals surface area contributed by atoms with E-state index in [1.807, 2.05) is 0 Å². The largest absolute Gasteiger partial charge is 0.469 e. The molecule has 5 nitrogen and oxygen atoms in total. The minimum atomic E-state index is -0.925. The van der Waals surface area contributed by atoms with Gasteiger partial charge >= 0.3 is 11.9 Å². The zero-order valence-electron chi connectivity index (χ0n) is 14.0. The number of hydrogen-bond acceptors (Lipinski definition) is 6. The topological polar surface area (TPSA) is 55.8 Å². The number of carbonyl (C=O) groups excluding carboxylic acids is 2. The SMILES string of the molecule is COC(=O)CC1(C(=O)OC)c2sc(C(C)C)cc2N2CCCC21. The third-order valence-corrected chi connectivity index (χ3v) is 6.64. The lowest BCUT2D eigenvalue weighted by Crippen LogP contribution is -2.49. The average Bonchev–Trinajstić information content (AvgIpc) is 3.20. The van der Waals surface area contributed by atoms with Crippen molar-refractivity contribution in [2.45, 2.75) is 50.5 Å². The van der Waals surface area contributed by atoms with Crippen molar-refractivity contribution in [1.82, 2.24) is 0 Å². The Balaban J connectivity index is 2.17. The maximum atomic E-state index is 12.8. The van der Waals surface area contributed by atoms with Gasteiger partial charge in [0.1, 0.15) is 5.41 Å². The van der Waals surface area contributed by atoms with Gasteiger partial charge in [-0.25, -0.2) is 0 Å². The smallest absolute Gasteiger partial charge is 0.319 e. The van der Waals surface area contributed by atoms with Gasteiger partial charge in [-0.2, -0.15) is 0 Å². The van der Waals surface area contributed by atoms with E-state index in [1.54, 1.807) is 11.3 Å². The van der Waals surface area contributed by atoms with Crippen molar-refractivity contribution >= 4 is 29.0 Å². The van der Waals surface area contributed by atoms with Gasteiger partial charge < -0.3 is 14.4 Å². The molecule has 1 saturated heterocycles. The molecule has 1 aromatic rings. The summed E-state index contributed by atoms with van der Waals surface area (Å²) < 4.78 is 10.0. The third-order valence-electron chi connectivity index (χ3n) is 5.04. The summed E-state index contributed by atoms with van der Waals surface area (Å²) in [6.07, 6.45) is 1.96. The van der Waals surface area contributed by atoms with Crippen LogP contribution in [-0.2, 0) is 24.5 Å². The number of ether oxygens (including phenoxy) is 2. The number of methoxy groups -OCH3 is 2. The molecule has 0 saturated carbocycles. The highest BCUT2D eigenvalue weighted by Gasteiger charge is 2.60. The number of hydrogen-bond donors (Lipinski definition) is 0. The van der Waals surface area contributed by atoms with E-state index < -0.39 is 5.41 Å². The quantitative estimate of drug-likeness (QED) is 0.791. The van der Waals surface area contributed by atoms with Crippen molar-refractivity contribution in [2.75, 3.05) is 25.7 Å². The van der Waals surface area contributed by atoms with Gasteiger partial charge in [0.25, 0.3) is 0 Å². The maximum absolute atomic E-state index is 12.8. The van der Waals surface area contributed by atoms with Crippen molar-refractivity contribution in [2.24, 2.45) is 0 Å². The van der Waals surface area contributed by atoms with Crippen LogP contribution in [0.2, 0.25) is 0 Å². The number of anilines is 1. The highest BCUT2D eigenvalue weighted by molar-refractivity contribution is 7.13. The van der Waals surface area contributed by atoms with Crippen LogP contribution in [0.15, 0.2) is 6.07 Å². The van der Waals surface area contributed by atoms with Crippen LogP contribution in [0.5, 0.6) is 0 Å². The number of rotatable bonds is 4. The van der Waals surface area contributed by atoms with E-state index >= 15 is 0 Å². The molecule has 0 amide bonds. The van der Waals surface area contributed by atoms with Crippen molar-refractivity contribution in [3.05, 3.63) is 15.8 Å². The van der Waals surface area contributed by atoms with Gasteiger partial charge in [-0.3, -0.25) is 9.59 Å². The first-order valence-corrected chi connectivity index (χ1v) is 8.83. The van der Waals surface area contributed by atoms with Crippen LogP contribution < -0.4 is 4.90 Å². The number of esters is 2. The molecule has 126 valence electrons. The molecule has 0 aliphatic carbocycles. The fourth-order valence-corrected chi connectivity index (χ4v) is 5.31. The van der Waals surface area contributed by atoms with Gasteiger partial charge in [0, 0.05) is 16.3 Å². The number of carbonyl (C=O) groups is 2. The molecule has 2 aliphatic rings. The zero-order valence-corrected chi connectivity index (χ0v) is 14.9. The van der Waals surface area contributed by atoms with Crippen LogP contribution in [0.3, 0.4) is 0 Å². The molecule has 3 heterocycles. The number of thiophene rings is 1. The van der Waals surface area contributed by atoms with Crippen LogP contribution in [0, 0.1) is 0 Å². The lowest BCUT2D eigenvalue weighted by molar-refractivity contribution is -0.154. The van der Waals surface area contributed by atoms with Crippen molar-refractivity contribution in [3.8, 4) is 0 Å². The summed E-state index contributed by atoms with van der Waals surface area (Å²) in [5.41, 5.74) is 0.182. The van der Waals surface area contributed by atoms with Crippen LogP contribution in [-0.4, -0.2) is 38.7 Å². The first kappa shape index (κ1) is 16.3. The molecule has 2 atom stereocenters. The molecule has 0 aromatic carbocycles. The minimum absolute atomic E-state index is 0.00323. The molecule has 0 N–H and O–H groups in total. The Hall–Kier alpha value is -1.56. The first-order chi connectivity index (χ1) is 11.0. The predicted octanol–water partition coefficient (Wildman–Crippen LogP) is 2.83. The Morgan fingerprint density at radius 2 is 2.13 bits per heavy atom. The highest BCUT2D eigenvalue weighted by Crippen LogP contribution is 2.56. The van der Waals surface area contributed by atoms with Gasteiger partial charge in [-0.15, -0.1) is 11.3 Å². The molecule has 0 spiro atoms. The Morgan fingerprint density at radius 3 is 2.74 bits per heavy atom. The van der Waals surface area contributed by atoms with Crippen molar-refractivity contribution in [3.63, 3.8) is 0 Å². The fourth-order valence-electron chi connectivity index (χ4n) is 3.92. The molecule has 2 unspecified atom stereocenters. The van der Waals surface area contributed by atoms with E-state index in [0.29, 0.717) is 5.92 Å². The summed E-state index contributed by atoms with van der Waals surface area (Å²) >= 11 is 1.64. The second-order valence-electron chi connectivity index (χ2n) is 6.59. The predicted molar refractivity (Wildman–Crippen MR) is 89.1 cm³/mol. The summed E-state index contributed by atoms with van der Waals surface area (Å²) in [7, 11) is 2.76. The van der Waals surface area contributed by atoms with E-state index in [1.165, 1.54) is 19.1 Å². The molecule has 1 fully saturated rings. The van der Waals surface area contributed by atoms with Crippen molar-refractivity contribution in [1.29, 1.82) is 0 Å². The van der Waals surface area contributed by atoms with Gasteiger partial charge in [0.15, 0.2) is 0 Å². The number of nitrogens with zero attached hydrogens (tertiary/aromatic N) is 1. The summed E-state index contributed by atoms with van der Waals surface area (Å²) in [5.74, 6) is -0.301. The monoisotopic (exact) mass is 337 g/mol. The molecule has 3 rings (SSSR count). The van der Waals surface area contributed by atoms with Gasteiger partial charge in [0.05, 0.1) is 32.4 Å². The zero-order chi connectivity index (χ0) is 16.8. The van der Waals surface area contributed by atoms with E-state index in [-0.39, 0.29) is 24.4 Å². The van der Waals surface area contributed by atoms with Gasteiger partial charge in [-0.05, 0) is 24.8 Å². The minimum Gasteiger partial charge on any atom is -0.469 e. The van der Waals surface area contributed by atoms with E-state index in [0.717, 1.165) is 30.0 Å². The van der Waals surface area contributed by atoms with Gasteiger partial charge in [0.2, 0.25) is 0 Å². The molecular weight excluding hydrogens is 314 g/mol. The average molecular weight is 337 g/mol. The van der Waals surface area contributed by atoms with Gasteiger partial charge in [-0.1, -0.05) is 13.8 Å². The standard InChI is InChI=1S/C17H23NO4S/c1-10(2)12-8-11-15(23-12)17(16(20)22-4,9-14(19)21-3)13-6-5-7-18(11)13/h8,10,13H,5-7,9H2,1-4H3. The van der Waals surface area contributed by atoms with E-state index in [9.17, 15) is 9.59 Å². The summed E-state index contributed by atoms with van der Waals surface area (Å²) in [4.78, 5) is 29.4. The molecular formula is C17H23NO4S. The maximum Gasteiger partial charge on any atom is 0.319 e. The molecule has 1 aromatic heterocycles. The molecule has 0 bridgehead atoms. The lowest BCUT2D eigenvalue weighted by Gasteiger charge is -2.32. The second kappa shape index (κ2) is 5.82. The molecule has 0 radical (unpaired) electrons. The van der Waals surface area contributed by atoms with E-state index in [2.05, 4.69) is 24.8 Å². The third kappa shape index (κ3) is 2.26. The highest BCUT2D eigenvalue weighted by atomic mass is 32.1.